The third-order valence-electron chi connectivity index (χ3n) is 1.78. The predicted octanol–water partition coefficient (Wildman–Crippen LogP) is 1.11. The van der Waals surface area contributed by atoms with E-state index in [4.69, 9.17) is 5.26 Å². The first kappa shape index (κ1) is 9.21. The fraction of sp³-hybridized carbons (Fsp3) is 0.100. The van der Waals surface area contributed by atoms with Crippen molar-refractivity contribution in [2.75, 3.05) is 0 Å². The topological polar surface area (TPSA) is 75.3 Å². The molecule has 2 rings (SSSR count). The van der Waals surface area contributed by atoms with Crippen molar-refractivity contribution < 1.29 is 0 Å². The average Bonchev–Trinajstić information content (AvgIpc) is 2.29. The third-order valence-corrected chi connectivity index (χ3v) is 1.78. The molecule has 0 saturated heterocycles. The van der Waals surface area contributed by atoms with E-state index in [2.05, 4.69) is 19.9 Å². The Labute approximate surface area is 86.5 Å². The minimum atomic E-state index is 0.336. The van der Waals surface area contributed by atoms with Crippen molar-refractivity contribution in [1.82, 2.24) is 19.9 Å². The molecule has 0 unspecified atom stereocenters. The molecule has 0 radical (unpaired) electrons. The molecule has 0 aliphatic heterocycles. The van der Waals surface area contributed by atoms with E-state index in [-0.39, 0.29) is 0 Å². The molecule has 15 heavy (non-hydrogen) atoms. The van der Waals surface area contributed by atoms with Crippen LogP contribution in [0.1, 0.15) is 11.5 Å². The van der Waals surface area contributed by atoms with Crippen molar-refractivity contribution in [1.29, 1.82) is 5.26 Å². The first-order valence-corrected chi connectivity index (χ1v) is 4.32. The maximum Gasteiger partial charge on any atom is 0.144 e. The highest BCUT2D eigenvalue weighted by Crippen LogP contribution is 2.13. The Morgan fingerprint density at radius 1 is 1.20 bits per heavy atom. The Kier molecular flexibility index (Phi) is 2.33. The Balaban J connectivity index is 2.55. The average molecular weight is 197 g/mol. The summed E-state index contributed by atoms with van der Waals surface area (Å²) in [6, 6.07) is 3.57. The van der Waals surface area contributed by atoms with Crippen molar-refractivity contribution in [2.24, 2.45) is 0 Å². The van der Waals surface area contributed by atoms with Crippen molar-refractivity contribution in [2.45, 2.75) is 6.92 Å². The molecule has 0 aliphatic rings. The molecule has 5 nitrogen and oxygen atoms in total. The summed E-state index contributed by atoms with van der Waals surface area (Å²) in [6.07, 6.45) is 4.77. The minimum Gasteiger partial charge on any atom is -0.261 e. The van der Waals surface area contributed by atoms with Crippen molar-refractivity contribution in [3.8, 4) is 17.5 Å². The zero-order chi connectivity index (χ0) is 10.7. The van der Waals surface area contributed by atoms with Crippen molar-refractivity contribution in [3.63, 3.8) is 0 Å². The molecule has 0 N–H and O–H groups in total. The molecule has 0 spiro atoms. The van der Waals surface area contributed by atoms with Gasteiger partial charge in [0.1, 0.15) is 23.3 Å². The number of hydrogen-bond acceptors (Lipinski definition) is 5. The van der Waals surface area contributed by atoms with Gasteiger partial charge < -0.3 is 0 Å². The Morgan fingerprint density at radius 2 is 2.07 bits per heavy atom. The van der Waals surface area contributed by atoms with Gasteiger partial charge in [0, 0.05) is 18.5 Å². The van der Waals surface area contributed by atoms with Crippen LogP contribution in [-0.2, 0) is 0 Å². The van der Waals surface area contributed by atoms with Crippen LogP contribution in [0.15, 0.2) is 24.7 Å². The van der Waals surface area contributed by atoms with Gasteiger partial charge in [-0.05, 0) is 6.92 Å². The summed E-state index contributed by atoms with van der Waals surface area (Å²) >= 11 is 0. The first-order valence-electron chi connectivity index (χ1n) is 4.32. The molecule has 0 bridgehead atoms. The van der Waals surface area contributed by atoms with E-state index in [1.807, 2.05) is 6.07 Å². The molecular formula is C10H7N5. The summed E-state index contributed by atoms with van der Waals surface area (Å²) in [6.45, 7) is 1.74. The number of aryl methyl sites for hydroxylation is 1. The summed E-state index contributed by atoms with van der Waals surface area (Å²) in [5.74, 6) is 0.551. The molecule has 0 aliphatic carbocycles. The number of aromatic nitrogens is 4. The lowest BCUT2D eigenvalue weighted by Crippen LogP contribution is -1.96. The van der Waals surface area contributed by atoms with Crippen LogP contribution in [0.3, 0.4) is 0 Å². The van der Waals surface area contributed by atoms with E-state index in [9.17, 15) is 0 Å². The van der Waals surface area contributed by atoms with Gasteiger partial charge in [-0.25, -0.2) is 9.97 Å². The third kappa shape index (κ3) is 1.94. The van der Waals surface area contributed by atoms with Gasteiger partial charge in [-0.15, -0.1) is 0 Å². The number of hydrogen-bond donors (Lipinski definition) is 0. The summed E-state index contributed by atoms with van der Waals surface area (Å²) in [5, 5.41) is 8.76. The SMILES string of the molecule is Cc1nc(C#N)cc(-c2cnccn2)n1. The Morgan fingerprint density at radius 3 is 2.73 bits per heavy atom. The molecule has 2 aromatic rings. The monoisotopic (exact) mass is 197 g/mol. The fourth-order valence-electron chi connectivity index (χ4n) is 1.19. The molecule has 0 amide bonds. The number of rotatable bonds is 1. The van der Waals surface area contributed by atoms with E-state index in [1.165, 1.54) is 0 Å². The smallest absolute Gasteiger partial charge is 0.144 e. The van der Waals surface area contributed by atoms with Gasteiger partial charge in [0.15, 0.2) is 0 Å². The molecule has 2 heterocycles. The minimum absolute atomic E-state index is 0.336. The fourth-order valence-corrected chi connectivity index (χ4v) is 1.19. The predicted molar refractivity (Wildman–Crippen MR) is 52.5 cm³/mol. The standard InChI is InChI=1S/C10H7N5/c1-7-14-8(5-11)4-9(15-7)10-6-12-2-3-13-10/h2-4,6H,1H3. The van der Waals surface area contributed by atoms with Crippen LogP contribution >= 0.6 is 0 Å². The van der Waals surface area contributed by atoms with Gasteiger partial charge in [0.2, 0.25) is 0 Å². The maximum atomic E-state index is 8.76. The molecule has 5 heteroatoms. The van der Waals surface area contributed by atoms with Crippen LogP contribution in [0, 0.1) is 18.3 Å². The lowest BCUT2D eigenvalue weighted by molar-refractivity contribution is 1.03. The van der Waals surface area contributed by atoms with Gasteiger partial charge in [-0.1, -0.05) is 0 Å². The summed E-state index contributed by atoms with van der Waals surface area (Å²) < 4.78 is 0. The molecule has 0 saturated carbocycles. The largest absolute Gasteiger partial charge is 0.261 e. The molecule has 72 valence electrons. The van der Waals surface area contributed by atoms with Gasteiger partial charge in [0.05, 0.1) is 11.9 Å². The number of nitriles is 1. The lowest BCUT2D eigenvalue weighted by Gasteiger charge is -2.00. The van der Waals surface area contributed by atoms with E-state index in [1.54, 1.807) is 31.6 Å². The molecular weight excluding hydrogens is 190 g/mol. The van der Waals surface area contributed by atoms with Gasteiger partial charge >= 0.3 is 0 Å². The summed E-state index contributed by atoms with van der Waals surface area (Å²) in [5.41, 5.74) is 1.59. The van der Waals surface area contributed by atoms with Crippen molar-refractivity contribution in [3.05, 3.63) is 36.2 Å². The van der Waals surface area contributed by atoms with Gasteiger partial charge in [-0.2, -0.15) is 5.26 Å². The lowest BCUT2D eigenvalue weighted by atomic mass is 10.2. The molecule has 0 aromatic carbocycles. The van der Waals surface area contributed by atoms with Crippen LogP contribution in [-0.4, -0.2) is 19.9 Å². The highest BCUT2D eigenvalue weighted by Gasteiger charge is 2.04. The highest BCUT2D eigenvalue weighted by atomic mass is 14.9. The van der Waals surface area contributed by atoms with E-state index in [0.717, 1.165) is 0 Å². The van der Waals surface area contributed by atoms with Crippen LogP contribution in [0.5, 0.6) is 0 Å². The summed E-state index contributed by atoms with van der Waals surface area (Å²) in [4.78, 5) is 16.2. The van der Waals surface area contributed by atoms with Crippen LogP contribution in [0.4, 0.5) is 0 Å². The van der Waals surface area contributed by atoms with E-state index < -0.39 is 0 Å². The van der Waals surface area contributed by atoms with Gasteiger partial charge in [-0.3, -0.25) is 9.97 Å². The van der Waals surface area contributed by atoms with Gasteiger partial charge in [0.25, 0.3) is 0 Å². The van der Waals surface area contributed by atoms with Crippen LogP contribution in [0.25, 0.3) is 11.4 Å². The second-order valence-corrected chi connectivity index (χ2v) is 2.89. The Bertz CT molecular complexity index is 515. The first-order chi connectivity index (χ1) is 7.29. The van der Waals surface area contributed by atoms with E-state index >= 15 is 0 Å². The second kappa shape index (κ2) is 3.80. The van der Waals surface area contributed by atoms with Crippen molar-refractivity contribution >= 4 is 0 Å². The maximum absolute atomic E-state index is 8.76. The van der Waals surface area contributed by atoms with E-state index in [0.29, 0.717) is 22.9 Å². The van der Waals surface area contributed by atoms with Crippen LogP contribution < -0.4 is 0 Å². The molecule has 2 aromatic heterocycles. The molecule has 0 atom stereocenters. The van der Waals surface area contributed by atoms with Crippen LogP contribution in [0.2, 0.25) is 0 Å². The zero-order valence-corrected chi connectivity index (χ0v) is 8.05. The Hall–Kier alpha value is -2.35. The highest BCUT2D eigenvalue weighted by molar-refractivity contribution is 5.53. The zero-order valence-electron chi connectivity index (χ0n) is 8.05. The number of nitrogens with zero attached hydrogens (tertiary/aromatic N) is 5. The molecule has 0 fully saturated rings. The quantitative estimate of drug-likeness (QED) is 0.684. The summed E-state index contributed by atoms with van der Waals surface area (Å²) in [7, 11) is 0. The normalized spacial score (nSPS) is 9.60. The second-order valence-electron chi connectivity index (χ2n) is 2.89.